The first kappa shape index (κ1) is 13.4. The van der Waals surface area contributed by atoms with Crippen LogP contribution in [0.25, 0.3) is 0 Å². The molecule has 0 aromatic heterocycles. The fraction of sp³-hybridized carbons (Fsp3) is 0.900. The zero-order chi connectivity index (χ0) is 12.5. The Bertz CT molecular complexity index is 260. The number of amides is 1. The van der Waals surface area contributed by atoms with Crippen molar-refractivity contribution >= 4 is 5.91 Å². The topological polar surface area (TPSA) is 90.2 Å². The minimum absolute atomic E-state index is 0.214. The van der Waals surface area contributed by atoms with Crippen LogP contribution in [-0.4, -0.2) is 70.2 Å². The zero-order valence-corrected chi connectivity index (χ0v) is 9.70. The molecule has 5 atom stereocenters. The van der Waals surface area contributed by atoms with E-state index in [0.717, 1.165) is 0 Å². The summed E-state index contributed by atoms with van der Waals surface area (Å²) >= 11 is 0. The van der Waals surface area contributed by atoms with Crippen molar-refractivity contribution < 1.29 is 24.9 Å². The second kappa shape index (κ2) is 5.09. The number of carbonyl (C=O) groups is 1. The molecule has 94 valence electrons. The van der Waals surface area contributed by atoms with Crippen molar-refractivity contribution in [2.45, 2.75) is 44.3 Å². The largest absolute Gasteiger partial charge is 0.394 e. The number of hydrogen-bond donors (Lipinski definition) is 3. The first-order chi connectivity index (χ1) is 7.40. The molecule has 6 nitrogen and oxygen atoms in total. The first-order valence-electron chi connectivity index (χ1n) is 5.26. The Morgan fingerprint density at radius 3 is 2.38 bits per heavy atom. The van der Waals surface area contributed by atoms with Gasteiger partial charge in [-0.3, -0.25) is 4.79 Å². The number of hydrogen-bond acceptors (Lipinski definition) is 5. The van der Waals surface area contributed by atoms with Gasteiger partial charge >= 0.3 is 0 Å². The average molecular weight is 233 g/mol. The van der Waals surface area contributed by atoms with Gasteiger partial charge in [-0.2, -0.15) is 0 Å². The van der Waals surface area contributed by atoms with E-state index in [0.29, 0.717) is 0 Å². The molecule has 0 saturated carbocycles. The lowest BCUT2D eigenvalue weighted by Gasteiger charge is -2.44. The lowest BCUT2D eigenvalue weighted by Crippen LogP contribution is -2.63. The van der Waals surface area contributed by atoms with Gasteiger partial charge in [-0.25, -0.2) is 0 Å². The van der Waals surface area contributed by atoms with Gasteiger partial charge in [0.15, 0.2) is 0 Å². The number of aliphatic hydroxyl groups is 3. The molecule has 0 aromatic rings. The summed E-state index contributed by atoms with van der Waals surface area (Å²) in [5.74, 6) is -0.214. The lowest BCUT2D eigenvalue weighted by atomic mass is 9.92. The van der Waals surface area contributed by atoms with Crippen LogP contribution in [0, 0.1) is 0 Å². The second-order valence-electron chi connectivity index (χ2n) is 4.16. The Hall–Kier alpha value is -0.690. The van der Waals surface area contributed by atoms with Gasteiger partial charge in [-0.05, 0) is 6.92 Å². The van der Waals surface area contributed by atoms with Crippen molar-refractivity contribution in [3.63, 3.8) is 0 Å². The van der Waals surface area contributed by atoms with Crippen molar-refractivity contribution in [1.29, 1.82) is 0 Å². The molecule has 1 rings (SSSR count). The molecule has 3 N–H and O–H groups in total. The Morgan fingerprint density at radius 2 is 1.94 bits per heavy atom. The summed E-state index contributed by atoms with van der Waals surface area (Å²) in [6.45, 7) is 2.71. The highest BCUT2D eigenvalue weighted by molar-refractivity contribution is 5.73. The highest BCUT2D eigenvalue weighted by Gasteiger charge is 2.44. The number of nitrogens with zero attached hydrogens (tertiary/aromatic N) is 1. The summed E-state index contributed by atoms with van der Waals surface area (Å²) in [6, 6.07) is -0.602. The van der Waals surface area contributed by atoms with Gasteiger partial charge < -0.3 is 25.0 Å². The third kappa shape index (κ3) is 2.35. The molecule has 0 aromatic carbocycles. The smallest absolute Gasteiger partial charge is 0.219 e. The van der Waals surface area contributed by atoms with Crippen LogP contribution in [0.15, 0.2) is 0 Å². The van der Waals surface area contributed by atoms with Crippen molar-refractivity contribution in [1.82, 2.24) is 4.90 Å². The van der Waals surface area contributed by atoms with Crippen molar-refractivity contribution in [3.05, 3.63) is 0 Å². The third-order valence-electron chi connectivity index (χ3n) is 3.07. The summed E-state index contributed by atoms with van der Waals surface area (Å²) in [5.41, 5.74) is 0. The maximum absolute atomic E-state index is 11.2. The second-order valence-corrected chi connectivity index (χ2v) is 4.16. The number of likely N-dealkylation sites (N-methyl/N-ethyl adjacent to an activating group) is 1. The Labute approximate surface area is 94.4 Å². The van der Waals surface area contributed by atoms with E-state index in [-0.39, 0.29) is 12.5 Å². The predicted octanol–water partition coefficient (Wildman–Crippen LogP) is -1.67. The normalized spacial score (nSPS) is 39.5. The molecule has 6 heteroatoms. The van der Waals surface area contributed by atoms with Crippen LogP contribution in [0.1, 0.15) is 13.8 Å². The number of aliphatic hydroxyl groups excluding tert-OH is 3. The van der Waals surface area contributed by atoms with Gasteiger partial charge in [0, 0.05) is 14.0 Å². The molecule has 1 amide bonds. The summed E-state index contributed by atoms with van der Waals surface area (Å²) < 4.78 is 5.35. The highest BCUT2D eigenvalue weighted by atomic mass is 16.5. The highest BCUT2D eigenvalue weighted by Crippen LogP contribution is 2.24. The Kier molecular flexibility index (Phi) is 4.26. The van der Waals surface area contributed by atoms with Crippen LogP contribution >= 0.6 is 0 Å². The van der Waals surface area contributed by atoms with Crippen molar-refractivity contribution in [3.8, 4) is 0 Å². The molecule has 0 radical (unpaired) electrons. The molecular weight excluding hydrogens is 214 g/mol. The van der Waals surface area contributed by atoms with Gasteiger partial charge in [0.25, 0.3) is 0 Å². The van der Waals surface area contributed by atoms with Gasteiger partial charge in [0.05, 0.1) is 18.8 Å². The molecule has 1 aliphatic heterocycles. The van der Waals surface area contributed by atoms with Crippen LogP contribution < -0.4 is 0 Å². The molecular formula is C10H19NO5. The number of carbonyl (C=O) groups excluding carboxylic acids is 1. The van der Waals surface area contributed by atoms with E-state index in [1.54, 1.807) is 14.0 Å². The molecule has 3 unspecified atom stereocenters. The van der Waals surface area contributed by atoms with Crippen LogP contribution in [0.2, 0.25) is 0 Å². The zero-order valence-electron chi connectivity index (χ0n) is 9.70. The summed E-state index contributed by atoms with van der Waals surface area (Å²) in [4.78, 5) is 12.6. The Morgan fingerprint density at radius 1 is 1.38 bits per heavy atom. The summed E-state index contributed by atoms with van der Waals surface area (Å²) in [5, 5.41) is 28.5. The van der Waals surface area contributed by atoms with E-state index < -0.39 is 30.5 Å². The molecule has 0 aliphatic carbocycles. The fourth-order valence-electron chi connectivity index (χ4n) is 2.04. The van der Waals surface area contributed by atoms with Crippen LogP contribution in [0.4, 0.5) is 0 Å². The maximum atomic E-state index is 11.2. The van der Waals surface area contributed by atoms with Gasteiger partial charge in [0.2, 0.25) is 5.91 Å². The molecule has 0 spiro atoms. The van der Waals surface area contributed by atoms with Gasteiger partial charge in [-0.1, -0.05) is 0 Å². The van der Waals surface area contributed by atoms with Crippen LogP contribution in [-0.2, 0) is 9.53 Å². The number of rotatable bonds is 2. The molecule has 16 heavy (non-hydrogen) atoms. The predicted molar refractivity (Wildman–Crippen MR) is 55.7 cm³/mol. The van der Waals surface area contributed by atoms with Gasteiger partial charge in [0.1, 0.15) is 18.3 Å². The quantitative estimate of drug-likeness (QED) is 0.531. The molecule has 1 fully saturated rings. The minimum atomic E-state index is -1.19. The lowest BCUT2D eigenvalue weighted by molar-refractivity contribution is -0.207. The van der Waals surface area contributed by atoms with Crippen LogP contribution in [0.3, 0.4) is 0 Å². The van der Waals surface area contributed by atoms with Crippen molar-refractivity contribution in [2.75, 3.05) is 13.7 Å². The number of ether oxygens (including phenoxy) is 1. The average Bonchev–Trinajstić information content (AvgIpc) is 2.23. The minimum Gasteiger partial charge on any atom is -0.394 e. The standard InChI is InChI=1S/C10H19NO5/c1-5-8(11(3)6(2)13)10(15)9(14)7(4-12)16-5/h5,7-10,12,14-15H,4H2,1-3H3/t5-,7?,8?,9-,10?/m0/s1. The fourth-order valence-corrected chi connectivity index (χ4v) is 2.04. The monoisotopic (exact) mass is 233 g/mol. The molecule has 1 aliphatic rings. The van der Waals surface area contributed by atoms with E-state index in [4.69, 9.17) is 9.84 Å². The van der Waals surface area contributed by atoms with E-state index in [1.165, 1.54) is 11.8 Å². The Balaban J connectivity index is 2.83. The molecule has 1 saturated heterocycles. The third-order valence-corrected chi connectivity index (χ3v) is 3.07. The van der Waals surface area contributed by atoms with Crippen molar-refractivity contribution in [2.24, 2.45) is 0 Å². The van der Waals surface area contributed by atoms with E-state index >= 15 is 0 Å². The first-order valence-corrected chi connectivity index (χ1v) is 5.26. The molecule has 1 heterocycles. The van der Waals surface area contributed by atoms with Gasteiger partial charge in [-0.15, -0.1) is 0 Å². The van der Waals surface area contributed by atoms with E-state index in [2.05, 4.69) is 0 Å². The molecule has 0 bridgehead atoms. The maximum Gasteiger partial charge on any atom is 0.219 e. The van der Waals surface area contributed by atoms with Crippen LogP contribution in [0.5, 0.6) is 0 Å². The summed E-state index contributed by atoms with van der Waals surface area (Å²) in [7, 11) is 1.54. The SMILES string of the molecule is CC(=O)N(C)C1C(O)[C@@H](O)C(CO)O[C@H]1C. The van der Waals surface area contributed by atoms with E-state index in [9.17, 15) is 15.0 Å². The van der Waals surface area contributed by atoms with E-state index in [1.807, 2.05) is 0 Å². The summed E-state index contributed by atoms with van der Waals surface area (Å²) in [6.07, 6.45) is -3.55.